The fourth-order valence-corrected chi connectivity index (χ4v) is 3.99. The number of amides is 2. The van der Waals surface area contributed by atoms with Crippen LogP contribution < -0.4 is 0 Å². The lowest BCUT2D eigenvalue weighted by Crippen LogP contribution is -2.53. The van der Waals surface area contributed by atoms with E-state index in [2.05, 4.69) is 51.6 Å². The third-order valence-electron chi connectivity index (χ3n) is 5.58. The van der Waals surface area contributed by atoms with Gasteiger partial charge >= 0.3 is 6.03 Å². The first kappa shape index (κ1) is 19.2. The number of hydrogen-bond acceptors (Lipinski definition) is 4. The summed E-state index contributed by atoms with van der Waals surface area (Å²) in [5, 5.41) is 0. The first-order valence-corrected chi connectivity index (χ1v) is 9.92. The van der Waals surface area contributed by atoms with Gasteiger partial charge in [-0.1, -0.05) is 0 Å². The van der Waals surface area contributed by atoms with Crippen molar-refractivity contribution in [2.45, 2.75) is 31.7 Å². The van der Waals surface area contributed by atoms with E-state index in [0.29, 0.717) is 5.92 Å². The van der Waals surface area contributed by atoms with E-state index in [4.69, 9.17) is 0 Å². The summed E-state index contributed by atoms with van der Waals surface area (Å²) in [5.41, 5.74) is 0. The number of imidazole rings is 1. The lowest BCUT2D eigenvalue weighted by atomic mass is 9.97. The lowest BCUT2D eigenvalue weighted by Gasteiger charge is -2.39. The predicted octanol–water partition coefficient (Wildman–Crippen LogP) is 1.38. The molecule has 0 radical (unpaired) electrons. The van der Waals surface area contributed by atoms with Crippen LogP contribution in [-0.4, -0.2) is 102 Å². The van der Waals surface area contributed by atoms with Gasteiger partial charge in [0, 0.05) is 64.1 Å². The molecular weight excluding hydrogens is 328 g/mol. The Morgan fingerprint density at radius 1 is 1.19 bits per heavy atom. The molecule has 0 saturated carbocycles. The minimum Gasteiger partial charge on any atom is -0.335 e. The van der Waals surface area contributed by atoms with E-state index >= 15 is 0 Å². The average molecular weight is 363 g/mol. The third-order valence-corrected chi connectivity index (χ3v) is 5.58. The SMILES string of the molecule is CN(C)CCCn1ccnc1C1CCCN(C(=O)N2CCN(C)CC2)C1. The third kappa shape index (κ3) is 4.76. The first-order valence-electron chi connectivity index (χ1n) is 9.92. The fraction of sp³-hybridized carbons (Fsp3) is 0.789. The summed E-state index contributed by atoms with van der Waals surface area (Å²) in [6.45, 7) is 7.38. The fourth-order valence-electron chi connectivity index (χ4n) is 3.99. The molecule has 2 aliphatic heterocycles. The zero-order chi connectivity index (χ0) is 18.5. The van der Waals surface area contributed by atoms with Gasteiger partial charge in [-0.2, -0.15) is 0 Å². The van der Waals surface area contributed by atoms with Crippen molar-refractivity contribution in [3.8, 4) is 0 Å². The van der Waals surface area contributed by atoms with Gasteiger partial charge in [-0.25, -0.2) is 9.78 Å². The van der Waals surface area contributed by atoms with Gasteiger partial charge in [0.05, 0.1) is 0 Å². The molecule has 7 nitrogen and oxygen atoms in total. The maximum absolute atomic E-state index is 12.9. The second-order valence-corrected chi connectivity index (χ2v) is 7.99. The zero-order valence-corrected chi connectivity index (χ0v) is 16.6. The minimum absolute atomic E-state index is 0.216. The van der Waals surface area contributed by atoms with E-state index in [1.165, 1.54) is 0 Å². The van der Waals surface area contributed by atoms with Crippen molar-refractivity contribution in [2.24, 2.45) is 0 Å². The number of nitrogens with zero attached hydrogens (tertiary/aromatic N) is 6. The summed E-state index contributed by atoms with van der Waals surface area (Å²) in [7, 11) is 6.34. The first-order chi connectivity index (χ1) is 12.5. The van der Waals surface area contributed by atoms with E-state index in [1.54, 1.807) is 0 Å². The van der Waals surface area contributed by atoms with Gasteiger partial charge in [-0.15, -0.1) is 0 Å². The summed E-state index contributed by atoms with van der Waals surface area (Å²) in [4.78, 5) is 26.1. The molecule has 1 unspecified atom stereocenters. The van der Waals surface area contributed by atoms with Crippen LogP contribution in [0.2, 0.25) is 0 Å². The topological polar surface area (TPSA) is 47.9 Å². The van der Waals surface area contributed by atoms with Crippen molar-refractivity contribution < 1.29 is 4.79 Å². The number of carbonyl (C=O) groups is 1. The highest BCUT2D eigenvalue weighted by Gasteiger charge is 2.30. The summed E-state index contributed by atoms with van der Waals surface area (Å²) in [6, 6.07) is 0.216. The Kier molecular flexibility index (Phi) is 6.53. The molecule has 1 aromatic heterocycles. The Morgan fingerprint density at radius 3 is 2.69 bits per heavy atom. The van der Waals surface area contributed by atoms with Gasteiger partial charge in [-0.3, -0.25) is 0 Å². The highest BCUT2D eigenvalue weighted by molar-refractivity contribution is 5.74. The number of piperidine rings is 1. The predicted molar refractivity (Wildman–Crippen MR) is 103 cm³/mol. The summed E-state index contributed by atoms with van der Waals surface area (Å²) in [5.74, 6) is 1.51. The van der Waals surface area contributed by atoms with Crippen LogP contribution in [0.3, 0.4) is 0 Å². The van der Waals surface area contributed by atoms with Gasteiger partial charge in [0.2, 0.25) is 0 Å². The van der Waals surface area contributed by atoms with Gasteiger partial charge in [0.25, 0.3) is 0 Å². The van der Waals surface area contributed by atoms with Crippen LogP contribution in [0.4, 0.5) is 4.79 Å². The monoisotopic (exact) mass is 362 g/mol. The summed E-state index contributed by atoms with van der Waals surface area (Å²) < 4.78 is 2.29. The Bertz CT molecular complexity index is 578. The van der Waals surface area contributed by atoms with E-state index < -0.39 is 0 Å². The number of likely N-dealkylation sites (N-methyl/N-ethyl adjacent to an activating group) is 1. The number of aromatic nitrogens is 2. The molecule has 0 aromatic carbocycles. The zero-order valence-electron chi connectivity index (χ0n) is 16.6. The van der Waals surface area contributed by atoms with E-state index in [0.717, 1.165) is 77.4 Å². The van der Waals surface area contributed by atoms with Crippen molar-refractivity contribution >= 4 is 6.03 Å². The van der Waals surface area contributed by atoms with Crippen molar-refractivity contribution in [3.05, 3.63) is 18.2 Å². The largest absolute Gasteiger partial charge is 0.335 e. The van der Waals surface area contributed by atoms with Gasteiger partial charge in [-0.05, 0) is 47.0 Å². The Labute approximate surface area is 157 Å². The molecule has 146 valence electrons. The molecule has 1 aromatic rings. The summed E-state index contributed by atoms with van der Waals surface area (Å²) >= 11 is 0. The molecule has 3 rings (SSSR count). The number of hydrogen-bond donors (Lipinski definition) is 0. The molecular formula is C19H34N6O. The van der Waals surface area contributed by atoms with E-state index in [9.17, 15) is 4.79 Å². The van der Waals surface area contributed by atoms with Crippen LogP contribution in [-0.2, 0) is 6.54 Å². The smallest absolute Gasteiger partial charge is 0.320 e. The number of rotatable bonds is 5. The van der Waals surface area contributed by atoms with Crippen molar-refractivity contribution in [1.82, 2.24) is 29.2 Å². The van der Waals surface area contributed by atoms with E-state index in [1.807, 2.05) is 11.1 Å². The highest BCUT2D eigenvalue weighted by atomic mass is 16.2. The Morgan fingerprint density at radius 2 is 1.96 bits per heavy atom. The number of carbonyl (C=O) groups excluding carboxylic acids is 1. The van der Waals surface area contributed by atoms with Crippen LogP contribution in [0.15, 0.2) is 12.4 Å². The van der Waals surface area contributed by atoms with Crippen molar-refractivity contribution in [1.29, 1.82) is 0 Å². The van der Waals surface area contributed by atoms with Gasteiger partial charge in [0.15, 0.2) is 0 Å². The molecule has 7 heteroatoms. The Balaban J connectivity index is 1.58. The molecule has 2 fully saturated rings. The van der Waals surface area contributed by atoms with Crippen LogP contribution >= 0.6 is 0 Å². The normalized spacial score (nSPS) is 22.2. The van der Waals surface area contributed by atoms with Crippen LogP contribution in [0.25, 0.3) is 0 Å². The maximum atomic E-state index is 12.9. The highest BCUT2D eigenvalue weighted by Crippen LogP contribution is 2.27. The number of aryl methyl sites for hydroxylation is 1. The molecule has 1 atom stereocenters. The number of urea groups is 1. The quantitative estimate of drug-likeness (QED) is 0.794. The maximum Gasteiger partial charge on any atom is 0.320 e. The molecule has 0 aliphatic carbocycles. The van der Waals surface area contributed by atoms with Gasteiger partial charge in [0.1, 0.15) is 5.82 Å². The molecule has 2 amide bonds. The molecule has 0 N–H and O–H groups in total. The van der Waals surface area contributed by atoms with Crippen LogP contribution in [0.1, 0.15) is 31.0 Å². The molecule has 0 spiro atoms. The standard InChI is InChI=1S/C19H34N6O/c1-21(2)8-5-10-23-11-7-20-18(23)17-6-4-9-25(16-17)19(26)24-14-12-22(3)13-15-24/h7,11,17H,4-6,8-10,12-16H2,1-3H3. The summed E-state index contributed by atoms with van der Waals surface area (Å²) in [6.07, 6.45) is 7.30. The second-order valence-electron chi connectivity index (χ2n) is 7.99. The molecule has 26 heavy (non-hydrogen) atoms. The molecule has 3 heterocycles. The molecule has 0 bridgehead atoms. The average Bonchev–Trinajstić information content (AvgIpc) is 3.10. The Hall–Kier alpha value is -1.60. The molecule has 2 aliphatic rings. The molecule has 2 saturated heterocycles. The number of piperazine rings is 1. The second kappa shape index (κ2) is 8.86. The van der Waals surface area contributed by atoms with Gasteiger partial charge < -0.3 is 24.2 Å². The minimum atomic E-state index is 0.216. The van der Waals surface area contributed by atoms with Crippen LogP contribution in [0.5, 0.6) is 0 Å². The van der Waals surface area contributed by atoms with Crippen LogP contribution in [0, 0.1) is 0 Å². The van der Waals surface area contributed by atoms with Crippen molar-refractivity contribution in [2.75, 3.05) is 67.0 Å². The lowest BCUT2D eigenvalue weighted by molar-refractivity contribution is 0.111. The van der Waals surface area contributed by atoms with Crippen molar-refractivity contribution in [3.63, 3.8) is 0 Å². The number of likely N-dealkylation sites (tertiary alicyclic amines) is 1. The van der Waals surface area contributed by atoms with E-state index in [-0.39, 0.29) is 6.03 Å².